The van der Waals surface area contributed by atoms with Crippen molar-refractivity contribution in [1.29, 1.82) is 0 Å². The highest BCUT2D eigenvalue weighted by molar-refractivity contribution is 14.1. The Kier molecular flexibility index (Phi) is 5.28. The second-order valence-electron chi connectivity index (χ2n) is 4.89. The van der Waals surface area contributed by atoms with Crippen LogP contribution in [0.4, 0.5) is 0 Å². The van der Waals surface area contributed by atoms with E-state index in [1.807, 2.05) is 0 Å². The van der Waals surface area contributed by atoms with Gasteiger partial charge in [0.1, 0.15) is 0 Å². The number of rotatable bonds is 4. The zero-order chi connectivity index (χ0) is 13.8. The van der Waals surface area contributed by atoms with Crippen LogP contribution in [0.25, 0.3) is 0 Å². The summed E-state index contributed by atoms with van der Waals surface area (Å²) in [5, 5.41) is -0.0667. The van der Waals surface area contributed by atoms with Gasteiger partial charge in [-0.2, -0.15) is 0 Å². The van der Waals surface area contributed by atoms with Gasteiger partial charge in [-0.1, -0.05) is 50.2 Å². The molecular weight excluding hydrogens is 367 g/mol. The van der Waals surface area contributed by atoms with Gasteiger partial charge < -0.3 is 0 Å². The molecule has 0 N–H and O–H groups in total. The van der Waals surface area contributed by atoms with E-state index in [9.17, 15) is 0 Å². The minimum Gasteiger partial charge on any atom is -0.113 e. The van der Waals surface area contributed by atoms with Crippen molar-refractivity contribution in [2.24, 2.45) is 0 Å². The number of hydrogen-bond acceptors (Lipinski definition) is 0. The monoisotopic (exact) mass is 384 g/mol. The van der Waals surface area contributed by atoms with Gasteiger partial charge in [0, 0.05) is 3.57 Å². The molecule has 0 heterocycles. The van der Waals surface area contributed by atoms with E-state index in [1.54, 1.807) is 0 Å². The predicted molar refractivity (Wildman–Crippen MR) is 92.0 cm³/mol. The zero-order valence-electron chi connectivity index (χ0n) is 11.2. The molecule has 2 atom stereocenters. The van der Waals surface area contributed by atoms with Gasteiger partial charge in [-0.25, -0.2) is 0 Å². The Labute approximate surface area is 134 Å². The molecule has 19 heavy (non-hydrogen) atoms. The van der Waals surface area contributed by atoms with Gasteiger partial charge >= 0.3 is 0 Å². The van der Waals surface area contributed by atoms with Crippen molar-refractivity contribution in [3.05, 3.63) is 68.8 Å². The lowest BCUT2D eigenvalue weighted by Gasteiger charge is -2.13. The Bertz CT molecular complexity index is 516. The molecule has 0 bridgehead atoms. The van der Waals surface area contributed by atoms with Crippen LogP contribution in [0.2, 0.25) is 0 Å². The Morgan fingerprint density at radius 3 is 1.79 bits per heavy atom. The van der Waals surface area contributed by atoms with E-state index in [-0.39, 0.29) is 5.38 Å². The fourth-order valence-corrected chi connectivity index (χ4v) is 2.70. The Morgan fingerprint density at radius 2 is 1.32 bits per heavy atom. The normalized spacial score (nSPS) is 14.1. The van der Waals surface area contributed by atoms with E-state index >= 15 is 0 Å². The van der Waals surface area contributed by atoms with E-state index < -0.39 is 0 Å². The largest absolute Gasteiger partial charge is 0.113 e. The molecule has 0 aliphatic rings. The lowest BCUT2D eigenvalue weighted by molar-refractivity contribution is 0.733. The smallest absolute Gasteiger partial charge is 0.0835 e. The van der Waals surface area contributed by atoms with E-state index in [2.05, 4.69) is 85.0 Å². The predicted octanol–water partition coefficient (Wildman–Crippen LogP) is 6.13. The van der Waals surface area contributed by atoms with Crippen molar-refractivity contribution in [3.63, 3.8) is 0 Å². The summed E-state index contributed by atoms with van der Waals surface area (Å²) >= 11 is 8.85. The van der Waals surface area contributed by atoms with E-state index in [0.717, 1.165) is 11.1 Å². The summed E-state index contributed by atoms with van der Waals surface area (Å²) in [5.41, 5.74) is 3.70. The van der Waals surface area contributed by atoms with Crippen LogP contribution in [0.1, 0.15) is 48.3 Å². The molecule has 0 saturated carbocycles. The van der Waals surface area contributed by atoms with Gasteiger partial charge in [-0.05, 0) is 63.8 Å². The minimum atomic E-state index is -0.0667. The number of halogens is 2. The van der Waals surface area contributed by atoms with Crippen molar-refractivity contribution in [1.82, 2.24) is 0 Å². The summed E-state index contributed by atoms with van der Waals surface area (Å²) in [6.45, 7) is 4.47. The van der Waals surface area contributed by atoms with Crippen molar-refractivity contribution in [2.75, 3.05) is 0 Å². The molecule has 0 saturated heterocycles. The summed E-state index contributed by atoms with van der Waals surface area (Å²) in [4.78, 5) is 0. The maximum absolute atomic E-state index is 6.55. The zero-order valence-corrected chi connectivity index (χ0v) is 14.1. The molecule has 2 rings (SSSR count). The van der Waals surface area contributed by atoms with Crippen molar-refractivity contribution < 1.29 is 0 Å². The highest BCUT2D eigenvalue weighted by Gasteiger charge is 2.11. The van der Waals surface area contributed by atoms with Crippen LogP contribution in [0.3, 0.4) is 0 Å². The third-order valence-electron chi connectivity index (χ3n) is 3.57. The second kappa shape index (κ2) is 6.76. The van der Waals surface area contributed by atoms with Gasteiger partial charge in [-0.3, -0.25) is 0 Å². The fourth-order valence-electron chi connectivity index (χ4n) is 2.05. The van der Waals surface area contributed by atoms with Gasteiger partial charge in [0.05, 0.1) is 5.38 Å². The summed E-state index contributed by atoms with van der Waals surface area (Å²) in [7, 11) is 0. The molecule has 0 aliphatic carbocycles. The van der Waals surface area contributed by atoms with Gasteiger partial charge in [0.25, 0.3) is 0 Å². The maximum atomic E-state index is 6.55. The second-order valence-corrected chi connectivity index (χ2v) is 6.57. The van der Waals surface area contributed by atoms with Gasteiger partial charge in [0.2, 0.25) is 0 Å². The van der Waals surface area contributed by atoms with Crippen molar-refractivity contribution in [2.45, 2.75) is 31.6 Å². The Hall–Kier alpha value is -0.540. The molecule has 2 unspecified atom stereocenters. The molecule has 0 nitrogen and oxygen atoms in total. The molecule has 0 fully saturated rings. The first kappa shape index (κ1) is 14.9. The van der Waals surface area contributed by atoms with Crippen LogP contribution >= 0.6 is 34.2 Å². The molecule has 100 valence electrons. The molecular formula is C17H18ClI. The number of hydrogen-bond donors (Lipinski definition) is 0. The first-order valence-corrected chi connectivity index (χ1v) is 8.12. The van der Waals surface area contributed by atoms with Crippen LogP contribution in [0.5, 0.6) is 0 Å². The third kappa shape index (κ3) is 3.73. The van der Waals surface area contributed by atoms with Crippen LogP contribution in [0.15, 0.2) is 48.5 Å². The molecule has 0 amide bonds. The van der Waals surface area contributed by atoms with E-state index in [4.69, 9.17) is 11.6 Å². The lowest BCUT2D eigenvalue weighted by Crippen LogP contribution is -1.96. The Balaban J connectivity index is 2.19. The topological polar surface area (TPSA) is 0 Å². The molecule has 0 radical (unpaired) electrons. The standard InChI is InChI=1S/C17H18ClI/c1-3-12(2)13-4-6-14(7-5-13)17(18)15-8-10-16(19)11-9-15/h4-12,17H,3H2,1-2H3. The molecule has 0 aliphatic heterocycles. The lowest BCUT2D eigenvalue weighted by atomic mass is 9.96. The molecule has 2 aromatic carbocycles. The van der Waals surface area contributed by atoms with Gasteiger partial charge in [-0.15, -0.1) is 11.6 Å². The quantitative estimate of drug-likeness (QED) is 0.439. The van der Waals surface area contributed by atoms with Crippen LogP contribution < -0.4 is 0 Å². The van der Waals surface area contributed by atoms with Crippen LogP contribution in [-0.4, -0.2) is 0 Å². The van der Waals surface area contributed by atoms with E-state index in [1.165, 1.54) is 15.6 Å². The highest BCUT2D eigenvalue weighted by atomic mass is 127. The summed E-state index contributed by atoms with van der Waals surface area (Å²) in [6.07, 6.45) is 1.17. The van der Waals surface area contributed by atoms with Crippen molar-refractivity contribution in [3.8, 4) is 0 Å². The summed E-state index contributed by atoms with van der Waals surface area (Å²) in [6, 6.07) is 17.1. The SMILES string of the molecule is CCC(C)c1ccc(C(Cl)c2ccc(I)cc2)cc1. The first-order chi connectivity index (χ1) is 9.11. The first-order valence-electron chi connectivity index (χ1n) is 6.61. The fraction of sp³-hybridized carbons (Fsp3) is 0.294. The molecule has 0 aromatic heterocycles. The average Bonchev–Trinajstić information content (AvgIpc) is 2.46. The summed E-state index contributed by atoms with van der Waals surface area (Å²) < 4.78 is 1.23. The van der Waals surface area contributed by atoms with Crippen LogP contribution in [-0.2, 0) is 0 Å². The summed E-state index contributed by atoms with van der Waals surface area (Å²) in [5.74, 6) is 0.612. The maximum Gasteiger partial charge on any atom is 0.0835 e. The minimum absolute atomic E-state index is 0.0667. The average molecular weight is 385 g/mol. The van der Waals surface area contributed by atoms with Crippen molar-refractivity contribution >= 4 is 34.2 Å². The molecule has 2 heteroatoms. The molecule has 2 aromatic rings. The number of benzene rings is 2. The van der Waals surface area contributed by atoms with E-state index in [0.29, 0.717) is 5.92 Å². The van der Waals surface area contributed by atoms with Crippen LogP contribution in [0, 0.1) is 3.57 Å². The Morgan fingerprint density at radius 1 is 0.895 bits per heavy atom. The molecule has 0 spiro atoms. The number of alkyl halides is 1. The van der Waals surface area contributed by atoms with Gasteiger partial charge in [0.15, 0.2) is 0 Å². The third-order valence-corrected chi connectivity index (χ3v) is 4.80. The highest BCUT2D eigenvalue weighted by Crippen LogP contribution is 2.30.